The Balaban J connectivity index is 2.74. The number of benzene rings is 1. The van der Waals surface area contributed by atoms with Crippen LogP contribution in [-0.2, 0) is 9.59 Å². The van der Waals surface area contributed by atoms with Crippen LogP contribution in [0.1, 0.15) is 24.0 Å². The average Bonchev–Trinajstić information content (AvgIpc) is 2.32. The second-order valence-electron chi connectivity index (χ2n) is 4.51. The molecule has 104 valence electrons. The maximum absolute atomic E-state index is 11.8. The summed E-state index contributed by atoms with van der Waals surface area (Å²) in [6, 6.07) is 2.50. The fourth-order valence-electron chi connectivity index (χ4n) is 1.69. The average molecular weight is 266 g/mol. The van der Waals surface area contributed by atoms with Crippen LogP contribution in [0.15, 0.2) is 12.1 Å². The molecule has 1 unspecified atom stereocenters. The van der Waals surface area contributed by atoms with Crippen molar-refractivity contribution < 1.29 is 19.8 Å². The van der Waals surface area contributed by atoms with E-state index < -0.39 is 17.9 Å². The van der Waals surface area contributed by atoms with Crippen molar-refractivity contribution in [2.24, 2.45) is 5.73 Å². The minimum absolute atomic E-state index is 0.00983. The van der Waals surface area contributed by atoms with Crippen LogP contribution in [0.5, 0.6) is 5.75 Å². The fraction of sp³-hybridized carbons (Fsp3) is 0.385. The zero-order valence-corrected chi connectivity index (χ0v) is 10.9. The van der Waals surface area contributed by atoms with Crippen LogP contribution in [0.2, 0.25) is 0 Å². The molecule has 1 aromatic rings. The maximum Gasteiger partial charge on any atom is 0.303 e. The summed E-state index contributed by atoms with van der Waals surface area (Å²) in [5, 5.41) is 20.9. The summed E-state index contributed by atoms with van der Waals surface area (Å²) in [5.41, 5.74) is 7.41. The van der Waals surface area contributed by atoms with Crippen LogP contribution < -0.4 is 11.1 Å². The zero-order chi connectivity index (χ0) is 14.6. The number of carboxylic acid groups (broad SMARTS) is 1. The van der Waals surface area contributed by atoms with Crippen molar-refractivity contribution >= 4 is 17.6 Å². The highest BCUT2D eigenvalue weighted by molar-refractivity contribution is 5.96. The summed E-state index contributed by atoms with van der Waals surface area (Å²) < 4.78 is 0. The largest absolute Gasteiger partial charge is 0.505 e. The number of nitrogens with two attached hydrogens (primary N) is 1. The molecule has 1 atom stereocenters. The van der Waals surface area contributed by atoms with Gasteiger partial charge in [-0.15, -0.1) is 0 Å². The quantitative estimate of drug-likeness (QED) is 0.597. The van der Waals surface area contributed by atoms with Gasteiger partial charge in [-0.2, -0.15) is 0 Å². The molecule has 5 N–H and O–H groups in total. The number of phenolic OH excluding ortho intramolecular Hbond substituents is 1. The lowest BCUT2D eigenvalue weighted by Crippen LogP contribution is -2.36. The first kappa shape index (κ1) is 15.0. The minimum atomic E-state index is -1.00. The Morgan fingerprint density at radius 2 is 2.00 bits per heavy atom. The Bertz CT molecular complexity index is 500. The Morgan fingerprint density at radius 3 is 2.58 bits per heavy atom. The number of carboxylic acids is 1. The highest BCUT2D eigenvalue weighted by Gasteiger charge is 2.17. The molecule has 6 nitrogen and oxygen atoms in total. The molecule has 6 heteroatoms. The van der Waals surface area contributed by atoms with Crippen LogP contribution >= 0.6 is 0 Å². The number of anilines is 1. The third-order valence-corrected chi connectivity index (χ3v) is 2.71. The summed E-state index contributed by atoms with van der Waals surface area (Å²) in [5.74, 6) is -1.52. The molecule has 0 aliphatic carbocycles. The maximum atomic E-state index is 11.8. The highest BCUT2D eigenvalue weighted by Crippen LogP contribution is 2.28. The van der Waals surface area contributed by atoms with Crippen molar-refractivity contribution in [3.63, 3.8) is 0 Å². The highest BCUT2D eigenvalue weighted by atomic mass is 16.4. The lowest BCUT2D eigenvalue weighted by atomic mass is 10.1. The molecule has 0 fully saturated rings. The monoisotopic (exact) mass is 266 g/mol. The van der Waals surface area contributed by atoms with Crippen LogP contribution in [0.4, 0.5) is 5.69 Å². The number of phenols is 1. The number of rotatable bonds is 5. The first-order chi connectivity index (χ1) is 8.81. The van der Waals surface area contributed by atoms with Crippen molar-refractivity contribution in [2.75, 3.05) is 5.32 Å². The third kappa shape index (κ3) is 4.26. The lowest BCUT2D eigenvalue weighted by molar-refractivity contribution is -0.137. The molecule has 0 saturated carbocycles. The topological polar surface area (TPSA) is 113 Å². The number of aryl methyl sites for hydroxylation is 2. The Hall–Kier alpha value is -2.08. The Morgan fingerprint density at radius 1 is 1.37 bits per heavy atom. The standard InChI is InChI=1S/C13H18N2O4/c1-7-5-8(2)12(18)10(6-7)15-13(19)9(14)3-4-11(16)17/h5-6,9,18H,3-4,14H2,1-2H3,(H,15,19)(H,16,17). The van der Waals surface area contributed by atoms with Gasteiger partial charge in [0.1, 0.15) is 5.75 Å². The molecular weight excluding hydrogens is 248 g/mol. The molecule has 1 aromatic carbocycles. The molecule has 0 bridgehead atoms. The van der Waals surface area contributed by atoms with E-state index in [9.17, 15) is 14.7 Å². The van der Waals surface area contributed by atoms with E-state index >= 15 is 0 Å². The first-order valence-corrected chi connectivity index (χ1v) is 5.89. The molecule has 0 radical (unpaired) electrons. The van der Waals surface area contributed by atoms with Gasteiger partial charge in [-0.05, 0) is 37.5 Å². The molecule has 0 aliphatic rings. The lowest BCUT2D eigenvalue weighted by Gasteiger charge is -2.14. The van der Waals surface area contributed by atoms with Gasteiger partial charge in [0, 0.05) is 6.42 Å². The number of nitrogens with one attached hydrogen (secondary N) is 1. The van der Waals surface area contributed by atoms with E-state index in [0.717, 1.165) is 5.56 Å². The smallest absolute Gasteiger partial charge is 0.303 e. The van der Waals surface area contributed by atoms with Crippen molar-refractivity contribution in [2.45, 2.75) is 32.7 Å². The van der Waals surface area contributed by atoms with Gasteiger partial charge in [-0.25, -0.2) is 0 Å². The summed E-state index contributed by atoms with van der Waals surface area (Å²) in [6.45, 7) is 3.56. The number of aliphatic carboxylic acids is 1. The van der Waals surface area contributed by atoms with Gasteiger partial charge < -0.3 is 21.3 Å². The number of carbonyl (C=O) groups excluding carboxylic acids is 1. The van der Waals surface area contributed by atoms with Gasteiger partial charge in [-0.1, -0.05) is 6.07 Å². The van der Waals surface area contributed by atoms with E-state index in [1.165, 1.54) is 0 Å². The zero-order valence-electron chi connectivity index (χ0n) is 10.9. The van der Waals surface area contributed by atoms with Crippen LogP contribution in [-0.4, -0.2) is 28.1 Å². The minimum Gasteiger partial charge on any atom is -0.505 e. The number of hydrogen-bond acceptors (Lipinski definition) is 4. The number of aromatic hydroxyl groups is 1. The van der Waals surface area contributed by atoms with Gasteiger partial charge in [-0.3, -0.25) is 9.59 Å². The number of carbonyl (C=O) groups is 2. The van der Waals surface area contributed by atoms with Crippen LogP contribution in [0.25, 0.3) is 0 Å². The Kier molecular flexibility index (Phi) is 4.88. The molecular formula is C13H18N2O4. The molecule has 0 heterocycles. The van der Waals surface area contributed by atoms with Crippen LogP contribution in [0.3, 0.4) is 0 Å². The summed E-state index contributed by atoms with van der Waals surface area (Å²) in [6.07, 6.45) is -0.125. The van der Waals surface area contributed by atoms with Gasteiger partial charge in [0.05, 0.1) is 11.7 Å². The SMILES string of the molecule is Cc1cc(C)c(O)c(NC(=O)C(N)CCC(=O)O)c1. The number of amides is 1. The summed E-state index contributed by atoms with van der Waals surface area (Å²) in [4.78, 5) is 22.2. The predicted molar refractivity (Wildman–Crippen MR) is 71.1 cm³/mol. The predicted octanol–water partition coefficient (Wildman–Crippen LogP) is 1.14. The third-order valence-electron chi connectivity index (χ3n) is 2.71. The van der Waals surface area contributed by atoms with Crippen molar-refractivity contribution in [3.05, 3.63) is 23.3 Å². The van der Waals surface area contributed by atoms with Gasteiger partial charge in [0.25, 0.3) is 0 Å². The normalized spacial score (nSPS) is 11.9. The fourth-order valence-corrected chi connectivity index (χ4v) is 1.69. The van der Waals surface area contributed by atoms with Gasteiger partial charge in [0.2, 0.25) is 5.91 Å². The second kappa shape index (κ2) is 6.19. The van der Waals surface area contributed by atoms with Crippen molar-refractivity contribution in [3.8, 4) is 5.75 Å². The van der Waals surface area contributed by atoms with Gasteiger partial charge in [0.15, 0.2) is 0 Å². The van der Waals surface area contributed by atoms with E-state index in [1.807, 2.05) is 6.92 Å². The van der Waals surface area contributed by atoms with E-state index in [-0.39, 0.29) is 24.3 Å². The van der Waals surface area contributed by atoms with E-state index in [1.54, 1.807) is 19.1 Å². The Labute approximate surface area is 111 Å². The van der Waals surface area contributed by atoms with Crippen molar-refractivity contribution in [1.29, 1.82) is 0 Å². The van der Waals surface area contributed by atoms with Crippen molar-refractivity contribution in [1.82, 2.24) is 0 Å². The van der Waals surface area contributed by atoms with E-state index in [0.29, 0.717) is 5.56 Å². The molecule has 0 spiro atoms. The second-order valence-corrected chi connectivity index (χ2v) is 4.51. The molecule has 1 amide bonds. The van der Waals surface area contributed by atoms with Crippen LogP contribution in [0, 0.1) is 13.8 Å². The molecule has 19 heavy (non-hydrogen) atoms. The first-order valence-electron chi connectivity index (χ1n) is 5.89. The summed E-state index contributed by atoms with van der Waals surface area (Å²) >= 11 is 0. The molecule has 0 aliphatic heterocycles. The number of hydrogen-bond donors (Lipinski definition) is 4. The summed E-state index contributed by atoms with van der Waals surface area (Å²) in [7, 11) is 0. The van der Waals surface area contributed by atoms with E-state index in [2.05, 4.69) is 5.32 Å². The molecule has 1 rings (SSSR count). The molecule has 0 saturated heterocycles. The van der Waals surface area contributed by atoms with Gasteiger partial charge >= 0.3 is 5.97 Å². The van der Waals surface area contributed by atoms with E-state index in [4.69, 9.17) is 10.8 Å². The molecule has 0 aromatic heterocycles.